The number of nitro groups is 1. The van der Waals surface area contributed by atoms with Gasteiger partial charge in [0, 0.05) is 24.6 Å². The Morgan fingerprint density at radius 1 is 1.31 bits per heavy atom. The lowest BCUT2D eigenvalue weighted by molar-refractivity contribution is -0.384. The van der Waals surface area contributed by atoms with Crippen LogP contribution in [-0.4, -0.2) is 9.49 Å². The van der Waals surface area contributed by atoms with Gasteiger partial charge in [0.15, 0.2) is 0 Å². The second-order valence-electron chi connectivity index (χ2n) is 3.25. The third-order valence-electron chi connectivity index (χ3n) is 2.28. The smallest absolute Gasteiger partial charge is 0.302 e. The van der Waals surface area contributed by atoms with Gasteiger partial charge in [0.2, 0.25) is 0 Å². The fourth-order valence-corrected chi connectivity index (χ4v) is 2.14. The lowest BCUT2D eigenvalue weighted by Gasteiger charge is -2.00. The van der Waals surface area contributed by atoms with E-state index in [0.29, 0.717) is 0 Å². The van der Waals surface area contributed by atoms with Crippen LogP contribution in [0.4, 0.5) is 5.69 Å². The predicted octanol–water partition coefficient (Wildman–Crippen LogP) is 2.02. The molecule has 1 aromatic heterocycles. The Bertz CT molecular complexity index is 583. The minimum Gasteiger partial charge on any atom is -0.302 e. The highest BCUT2D eigenvalue weighted by Crippen LogP contribution is 2.22. The van der Waals surface area contributed by atoms with E-state index in [0.717, 1.165) is 22.6 Å². The lowest BCUT2D eigenvalue weighted by Crippen LogP contribution is -2.08. The zero-order valence-electron chi connectivity index (χ0n) is 8.41. The third-order valence-corrected chi connectivity index (χ3v) is 3.10. The number of nitrogens with zero attached hydrogens (tertiary/aromatic N) is 2. The SMILES string of the molecule is Cn1c(-c2ccc([N+](=O)[O-])cc2)csc1=O. The summed E-state index contributed by atoms with van der Waals surface area (Å²) in [6.45, 7) is 0. The first-order valence-electron chi connectivity index (χ1n) is 4.49. The molecule has 0 unspecified atom stereocenters. The number of hydrogen-bond acceptors (Lipinski definition) is 4. The predicted molar refractivity (Wildman–Crippen MR) is 61.7 cm³/mol. The Hall–Kier alpha value is -1.95. The first-order valence-corrected chi connectivity index (χ1v) is 5.37. The standard InChI is InChI=1S/C10H8N2O3S/c1-11-9(6-16-10(11)13)7-2-4-8(5-3-7)12(14)15/h2-6H,1H3. The minimum absolute atomic E-state index is 0.0454. The van der Waals surface area contributed by atoms with Crippen LogP contribution in [0, 0.1) is 10.1 Å². The Labute approximate surface area is 94.7 Å². The molecule has 0 fully saturated rings. The molecule has 0 spiro atoms. The molecule has 0 N–H and O–H groups in total. The molecular formula is C10H8N2O3S. The summed E-state index contributed by atoms with van der Waals surface area (Å²) in [5, 5.41) is 12.2. The second-order valence-corrected chi connectivity index (χ2v) is 4.07. The number of benzene rings is 1. The lowest BCUT2D eigenvalue weighted by atomic mass is 10.1. The highest BCUT2D eigenvalue weighted by molar-refractivity contribution is 7.07. The number of thiazole rings is 1. The molecule has 5 nitrogen and oxygen atoms in total. The minimum atomic E-state index is -0.448. The maximum Gasteiger partial charge on any atom is 0.307 e. The summed E-state index contributed by atoms with van der Waals surface area (Å²) in [6.07, 6.45) is 0. The molecule has 6 heteroatoms. The molecule has 1 aromatic carbocycles. The van der Waals surface area contributed by atoms with Gasteiger partial charge in [0.05, 0.1) is 10.6 Å². The van der Waals surface area contributed by atoms with E-state index in [1.165, 1.54) is 16.7 Å². The molecule has 2 rings (SSSR count). The van der Waals surface area contributed by atoms with Crippen molar-refractivity contribution in [2.45, 2.75) is 0 Å². The fraction of sp³-hybridized carbons (Fsp3) is 0.100. The number of nitro benzene ring substituents is 1. The molecule has 0 amide bonds. The Morgan fingerprint density at radius 2 is 1.94 bits per heavy atom. The van der Waals surface area contributed by atoms with Crippen LogP contribution in [-0.2, 0) is 7.05 Å². The highest BCUT2D eigenvalue weighted by Gasteiger charge is 2.08. The van der Waals surface area contributed by atoms with Crippen molar-refractivity contribution in [2.75, 3.05) is 0 Å². The summed E-state index contributed by atoms with van der Waals surface area (Å²) in [7, 11) is 1.68. The summed E-state index contributed by atoms with van der Waals surface area (Å²) in [6, 6.07) is 6.13. The molecule has 0 aliphatic rings. The largest absolute Gasteiger partial charge is 0.307 e. The van der Waals surface area contributed by atoms with Gasteiger partial charge in [-0.3, -0.25) is 14.9 Å². The zero-order valence-corrected chi connectivity index (χ0v) is 9.23. The van der Waals surface area contributed by atoms with E-state index < -0.39 is 4.92 Å². The van der Waals surface area contributed by atoms with Crippen molar-refractivity contribution >= 4 is 17.0 Å². The maximum absolute atomic E-state index is 11.3. The van der Waals surface area contributed by atoms with E-state index in [4.69, 9.17) is 0 Å². The van der Waals surface area contributed by atoms with E-state index >= 15 is 0 Å². The summed E-state index contributed by atoms with van der Waals surface area (Å²) < 4.78 is 1.52. The van der Waals surface area contributed by atoms with Crippen LogP contribution >= 0.6 is 11.3 Å². The van der Waals surface area contributed by atoms with Crippen LogP contribution in [0.3, 0.4) is 0 Å². The van der Waals surface area contributed by atoms with Crippen molar-refractivity contribution in [3.05, 3.63) is 49.4 Å². The van der Waals surface area contributed by atoms with E-state index in [1.54, 1.807) is 24.6 Å². The Balaban J connectivity index is 2.46. The van der Waals surface area contributed by atoms with Gasteiger partial charge in [-0.15, -0.1) is 0 Å². The van der Waals surface area contributed by atoms with E-state index in [-0.39, 0.29) is 10.6 Å². The van der Waals surface area contributed by atoms with Crippen LogP contribution in [0.2, 0.25) is 0 Å². The fourth-order valence-electron chi connectivity index (χ4n) is 1.38. The van der Waals surface area contributed by atoms with Gasteiger partial charge in [0.1, 0.15) is 0 Å². The van der Waals surface area contributed by atoms with Crippen LogP contribution in [0.5, 0.6) is 0 Å². The zero-order chi connectivity index (χ0) is 11.7. The van der Waals surface area contributed by atoms with Crippen molar-refractivity contribution in [1.82, 2.24) is 4.57 Å². The molecule has 0 bridgehead atoms. The molecule has 0 radical (unpaired) electrons. The monoisotopic (exact) mass is 236 g/mol. The molecule has 16 heavy (non-hydrogen) atoms. The second kappa shape index (κ2) is 3.90. The van der Waals surface area contributed by atoms with Gasteiger partial charge >= 0.3 is 4.87 Å². The Morgan fingerprint density at radius 3 is 2.38 bits per heavy atom. The summed E-state index contributed by atoms with van der Waals surface area (Å²) in [5.74, 6) is 0. The normalized spacial score (nSPS) is 10.3. The first-order chi connectivity index (χ1) is 7.59. The third kappa shape index (κ3) is 1.74. The Kier molecular flexibility index (Phi) is 2.57. The van der Waals surface area contributed by atoms with E-state index in [9.17, 15) is 14.9 Å². The number of hydrogen-bond donors (Lipinski definition) is 0. The van der Waals surface area contributed by atoms with Gasteiger partial charge in [-0.05, 0) is 17.7 Å². The molecule has 2 aromatic rings. The van der Waals surface area contributed by atoms with E-state index in [1.807, 2.05) is 0 Å². The van der Waals surface area contributed by atoms with Crippen molar-refractivity contribution in [2.24, 2.45) is 7.05 Å². The van der Waals surface area contributed by atoms with Crippen molar-refractivity contribution in [3.63, 3.8) is 0 Å². The molecule has 0 saturated heterocycles. The topological polar surface area (TPSA) is 65.1 Å². The summed E-state index contributed by atoms with van der Waals surface area (Å²) >= 11 is 1.11. The number of non-ortho nitro benzene ring substituents is 1. The van der Waals surface area contributed by atoms with E-state index in [2.05, 4.69) is 0 Å². The average Bonchev–Trinajstić information content (AvgIpc) is 2.60. The maximum atomic E-state index is 11.3. The van der Waals surface area contributed by atoms with Gasteiger partial charge in [-0.2, -0.15) is 0 Å². The molecule has 1 heterocycles. The first kappa shape index (κ1) is 10.6. The number of rotatable bonds is 2. The van der Waals surface area contributed by atoms with Crippen LogP contribution < -0.4 is 4.87 Å². The quantitative estimate of drug-likeness (QED) is 0.592. The molecular weight excluding hydrogens is 228 g/mol. The molecule has 82 valence electrons. The van der Waals surface area contributed by atoms with Gasteiger partial charge in [-0.25, -0.2) is 0 Å². The summed E-state index contributed by atoms with van der Waals surface area (Å²) in [4.78, 5) is 21.2. The molecule has 0 atom stereocenters. The average molecular weight is 236 g/mol. The van der Waals surface area contributed by atoms with Crippen LogP contribution in [0.15, 0.2) is 34.4 Å². The van der Waals surface area contributed by atoms with Crippen LogP contribution in [0.25, 0.3) is 11.3 Å². The van der Waals surface area contributed by atoms with Gasteiger partial charge in [0.25, 0.3) is 5.69 Å². The van der Waals surface area contributed by atoms with Crippen LogP contribution in [0.1, 0.15) is 0 Å². The van der Waals surface area contributed by atoms with Crippen molar-refractivity contribution in [3.8, 4) is 11.3 Å². The molecule has 0 aliphatic heterocycles. The van der Waals surface area contributed by atoms with Crippen molar-refractivity contribution < 1.29 is 4.92 Å². The van der Waals surface area contributed by atoms with Gasteiger partial charge < -0.3 is 4.57 Å². The summed E-state index contributed by atoms with van der Waals surface area (Å²) in [5.41, 5.74) is 1.61. The highest BCUT2D eigenvalue weighted by atomic mass is 32.1. The number of aromatic nitrogens is 1. The van der Waals surface area contributed by atoms with Gasteiger partial charge in [-0.1, -0.05) is 11.3 Å². The molecule has 0 aliphatic carbocycles. The van der Waals surface area contributed by atoms with Crippen molar-refractivity contribution in [1.29, 1.82) is 0 Å². The molecule has 0 saturated carbocycles.